The maximum atomic E-state index is 10.8. The summed E-state index contributed by atoms with van der Waals surface area (Å²) in [6.45, 7) is 1.46. The minimum absolute atomic E-state index is 0.0397. The summed E-state index contributed by atoms with van der Waals surface area (Å²) in [5.41, 5.74) is 2.68. The number of Topliss-reactive ketones (excluding diaryl/α,β-unsaturated/α-hetero) is 1. The third kappa shape index (κ3) is 1.78. The van der Waals surface area contributed by atoms with Crippen LogP contribution in [0.5, 0.6) is 0 Å². The molecule has 1 aromatic carbocycles. The predicted molar refractivity (Wildman–Crippen MR) is 43.4 cm³/mol. The van der Waals surface area contributed by atoms with Crippen molar-refractivity contribution in [2.75, 3.05) is 5.48 Å². The molecule has 0 heterocycles. The van der Waals surface area contributed by atoms with Crippen molar-refractivity contribution in [3.8, 4) is 0 Å². The minimum Gasteiger partial charge on any atom is -0.761 e. The molecule has 3 nitrogen and oxygen atoms in total. The maximum absolute atomic E-state index is 10.8. The molecule has 0 spiro atoms. The van der Waals surface area contributed by atoms with E-state index in [9.17, 15) is 10.0 Å². The number of nitrogens with one attached hydrogen (secondary N) is 1. The molecule has 0 saturated carbocycles. The fourth-order valence-electron chi connectivity index (χ4n) is 0.802. The van der Waals surface area contributed by atoms with Gasteiger partial charge in [0.1, 0.15) is 0 Å². The standard InChI is InChI=1S/C8H8NO2/c1-6(10)7-3-2-4-8(5-7)9-11/h2-5,9H,1H3/q-1. The molecular weight excluding hydrogens is 142 g/mol. The van der Waals surface area contributed by atoms with Crippen LogP contribution in [0.25, 0.3) is 0 Å². The van der Waals surface area contributed by atoms with Crippen molar-refractivity contribution >= 4 is 11.5 Å². The Morgan fingerprint density at radius 1 is 1.55 bits per heavy atom. The van der Waals surface area contributed by atoms with Crippen molar-refractivity contribution in [3.05, 3.63) is 35.0 Å². The van der Waals surface area contributed by atoms with Gasteiger partial charge in [-0.3, -0.25) is 4.79 Å². The van der Waals surface area contributed by atoms with Gasteiger partial charge in [-0.15, -0.1) is 0 Å². The molecule has 1 aromatic rings. The normalized spacial score (nSPS) is 9.27. The van der Waals surface area contributed by atoms with E-state index in [1.807, 2.05) is 0 Å². The number of carbonyl (C=O) groups excluding carboxylic acids is 1. The number of benzene rings is 1. The van der Waals surface area contributed by atoms with Gasteiger partial charge in [0.15, 0.2) is 5.78 Å². The van der Waals surface area contributed by atoms with Gasteiger partial charge in [-0.05, 0) is 19.1 Å². The lowest BCUT2D eigenvalue weighted by Crippen LogP contribution is -1.93. The van der Waals surface area contributed by atoms with Crippen molar-refractivity contribution in [3.63, 3.8) is 0 Å². The van der Waals surface area contributed by atoms with Gasteiger partial charge in [0, 0.05) is 11.3 Å². The van der Waals surface area contributed by atoms with Crippen LogP contribution in [-0.4, -0.2) is 5.78 Å². The van der Waals surface area contributed by atoms with Crippen LogP contribution in [0.15, 0.2) is 24.3 Å². The van der Waals surface area contributed by atoms with Crippen molar-refractivity contribution < 1.29 is 4.79 Å². The number of hydrogen-bond acceptors (Lipinski definition) is 3. The summed E-state index contributed by atoms with van der Waals surface area (Å²) in [7, 11) is 0. The van der Waals surface area contributed by atoms with E-state index in [1.165, 1.54) is 13.0 Å². The first-order valence-electron chi connectivity index (χ1n) is 3.23. The Morgan fingerprint density at radius 2 is 2.27 bits per heavy atom. The van der Waals surface area contributed by atoms with Crippen LogP contribution >= 0.6 is 0 Å². The molecule has 0 radical (unpaired) electrons. The van der Waals surface area contributed by atoms with Gasteiger partial charge >= 0.3 is 0 Å². The highest BCUT2D eigenvalue weighted by Gasteiger charge is 1.96. The van der Waals surface area contributed by atoms with Crippen LogP contribution in [0, 0.1) is 5.21 Å². The minimum atomic E-state index is -0.0397. The first kappa shape index (κ1) is 7.75. The van der Waals surface area contributed by atoms with E-state index < -0.39 is 0 Å². The molecule has 0 atom stereocenters. The van der Waals surface area contributed by atoms with Gasteiger partial charge in [-0.25, -0.2) is 0 Å². The average molecular weight is 150 g/mol. The third-order valence-electron chi connectivity index (χ3n) is 1.39. The van der Waals surface area contributed by atoms with Gasteiger partial charge in [0.25, 0.3) is 0 Å². The second-order valence-corrected chi connectivity index (χ2v) is 2.24. The Labute approximate surface area is 64.6 Å². The summed E-state index contributed by atoms with van der Waals surface area (Å²) in [6, 6.07) is 6.47. The summed E-state index contributed by atoms with van der Waals surface area (Å²) >= 11 is 0. The van der Waals surface area contributed by atoms with Crippen LogP contribution in [-0.2, 0) is 0 Å². The van der Waals surface area contributed by atoms with E-state index in [-0.39, 0.29) is 5.78 Å². The van der Waals surface area contributed by atoms with Crippen LogP contribution in [0.4, 0.5) is 5.69 Å². The molecule has 0 aliphatic rings. The molecule has 0 aliphatic carbocycles. The molecule has 0 aromatic heterocycles. The molecule has 0 unspecified atom stereocenters. The molecule has 0 saturated heterocycles. The van der Waals surface area contributed by atoms with Crippen molar-refractivity contribution in [1.82, 2.24) is 0 Å². The Balaban J connectivity index is 3.01. The van der Waals surface area contributed by atoms with Crippen molar-refractivity contribution in [1.29, 1.82) is 0 Å². The molecule has 0 fully saturated rings. The second-order valence-electron chi connectivity index (χ2n) is 2.24. The molecule has 3 heteroatoms. The lowest BCUT2D eigenvalue weighted by atomic mass is 10.1. The summed E-state index contributed by atoms with van der Waals surface area (Å²) < 4.78 is 0. The Morgan fingerprint density at radius 3 is 2.82 bits per heavy atom. The molecule has 0 aliphatic heterocycles. The molecule has 1 N–H and O–H groups in total. The SMILES string of the molecule is CC(=O)c1cccc(N[O-])c1. The van der Waals surface area contributed by atoms with Crippen molar-refractivity contribution in [2.24, 2.45) is 0 Å². The number of rotatable bonds is 2. The summed E-state index contributed by atoms with van der Waals surface area (Å²) in [6.07, 6.45) is 0. The monoisotopic (exact) mass is 150 g/mol. The lowest BCUT2D eigenvalue weighted by molar-refractivity contribution is 0.101. The number of carbonyl (C=O) groups is 1. The first-order valence-corrected chi connectivity index (χ1v) is 3.23. The lowest BCUT2D eigenvalue weighted by Gasteiger charge is -2.08. The zero-order valence-electron chi connectivity index (χ0n) is 6.13. The van der Waals surface area contributed by atoms with Gasteiger partial charge in [-0.1, -0.05) is 12.1 Å². The van der Waals surface area contributed by atoms with E-state index in [0.29, 0.717) is 11.3 Å². The highest BCUT2D eigenvalue weighted by molar-refractivity contribution is 5.94. The van der Waals surface area contributed by atoms with Crippen LogP contribution in [0.3, 0.4) is 0 Å². The summed E-state index contributed by atoms with van der Waals surface area (Å²) in [5.74, 6) is -0.0397. The first-order chi connectivity index (χ1) is 5.24. The molecule has 0 bridgehead atoms. The molecule has 58 valence electrons. The van der Waals surface area contributed by atoms with Gasteiger partial charge in [-0.2, -0.15) is 0 Å². The van der Waals surface area contributed by atoms with E-state index in [0.717, 1.165) is 0 Å². The zero-order chi connectivity index (χ0) is 8.27. The number of hydrogen-bond donors (Lipinski definition) is 1. The van der Waals surface area contributed by atoms with E-state index >= 15 is 0 Å². The Hall–Kier alpha value is -1.35. The van der Waals surface area contributed by atoms with Crippen LogP contribution in [0.1, 0.15) is 17.3 Å². The highest BCUT2D eigenvalue weighted by atomic mass is 16.5. The fourth-order valence-corrected chi connectivity index (χ4v) is 0.802. The topological polar surface area (TPSA) is 52.2 Å². The largest absolute Gasteiger partial charge is 0.761 e. The summed E-state index contributed by atoms with van der Waals surface area (Å²) in [5, 5.41) is 10.1. The van der Waals surface area contributed by atoms with Gasteiger partial charge in [0.2, 0.25) is 0 Å². The fraction of sp³-hybridized carbons (Fsp3) is 0.125. The van der Waals surface area contributed by atoms with Gasteiger partial charge in [0.05, 0.1) is 0 Å². The zero-order valence-corrected chi connectivity index (χ0v) is 6.13. The summed E-state index contributed by atoms with van der Waals surface area (Å²) in [4.78, 5) is 10.8. The molecule has 1 rings (SSSR count). The van der Waals surface area contributed by atoms with Gasteiger partial charge < -0.3 is 10.7 Å². The average Bonchev–Trinajstić information content (AvgIpc) is 2.05. The Kier molecular flexibility index (Phi) is 2.23. The molecule has 11 heavy (non-hydrogen) atoms. The smallest absolute Gasteiger partial charge is 0.159 e. The van der Waals surface area contributed by atoms with E-state index in [1.54, 1.807) is 23.7 Å². The second kappa shape index (κ2) is 3.16. The van der Waals surface area contributed by atoms with Crippen LogP contribution in [0.2, 0.25) is 0 Å². The highest BCUT2D eigenvalue weighted by Crippen LogP contribution is 2.09. The Bertz CT molecular complexity index is 271. The third-order valence-corrected chi connectivity index (χ3v) is 1.39. The number of ketones is 1. The van der Waals surface area contributed by atoms with Crippen molar-refractivity contribution in [2.45, 2.75) is 6.92 Å². The molecule has 0 amide bonds. The van der Waals surface area contributed by atoms with E-state index in [2.05, 4.69) is 0 Å². The van der Waals surface area contributed by atoms with E-state index in [4.69, 9.17) is 0 Å². The quantitative estimate of drug-likeness (QED) is 0.516. The maximum Gasteiger partial charge on any atom is 0.159 e. The number of anilines is 1. The van der Waals surface area contributed by atoms with Crippen LogP contribution < -0.4 is 5.48 Å². The predicted octanol–water partition coefficient (Wildman–Crippen LogP) is 1.80. The molecular formula is C8H8NO2-.